The lowest BCUT2D eigenvalue weighted by molar-refractivity contribution is 0.389. The smallest absolute Gasteiger partial charge is 0.222 e. The maximum absolute atomic E-state index is 4.98. The van der Waals surface area contributed by atoms with Gasteiger partial charge >= 0.3 is 0 Å². The van der Waals surface area contributed by atoms with Crippen molar-refractivity contribution >= 4 is 5.95 Å². The van der Waals surface area contributed by atoms with Crippen molar-refractivity contribution < 1.29 is 4.74 Å². The molecule has 0 aliphatic carbocycles. The summed E-state index contributed by atoms with van der Waals surface area (Å²) in [5.41, 5.74) is 0.333. The van der Waals surface area contributed by atoms with E-state index in [0.29, 0.717) is 17.1 Å². The standard InChI is InChI=1S/C11H19N3O/c1-11(2,3)5-6-12-10-13-7-9(15-4)8-14-10/h7-8H,5-6H2,1-4H3,(H,12,13,14). The number of hydrogen-bond acceptors (Lipinski definition) is 4. The SMILES string of the molecule is COc1cnc(NCCC(C)(C)C)nc1. The fraction of sp³-hybridized carbons (Fsp3) is 0.636. The van der Waals surface area contributed by atoms with Gasteiger partial charge in [-0.05, 0) is 11.8 Å². The fourth-order valence-corrected chi connectivity index (χ4v) is 1.06. The van der Waals surface area contributed by atoms with Gasteiger partial charge < -0.3 is 10.1 Å². The van der Waals surface area contributed by atoms with Crippen molar-refractivity contribution in [1.29, 1.82) is 0 Å². The van der Waals surface area contributed by atoms with Crippen LogP contribution in [-0.4, -0.2) is 23.6 Å². The zero-order valence-electron chi connectivity index (χ0n) is 9.87. The summed E-state index contributed by atoms with van der Waals surface area (Å²) in [5.74, 6) is 1.33. The van der Waals surface area contributed by atoms with E-state index in [4.69, 9.17) is 4.74 Å². The van der Waals surface area contributed by atoms with Gasteiger partial charge in [-0.15, -0.1) is 0 Å². The third-order valence-corrected chi connectivity index (χ3v) is 2.02. The van der Waals surface area contributed by atoms with Crippen molar-refractivity contribution in [2.45, 2.75) is 27.2 Å². The lowest BCUT2D eigenvalue weighted by atomic mass is 9.92. The first-order valence-corrected chi connectivity index (χ1v) is 5.11. The van der Waals surface area contributed by atoms with Gasteiger partial charge in [0, 0.05) is 6.54 Å². The van der Waals surface area contributed by atoms with Crippen molar-refractivity contribution in [2.75, 3.05) is 19.0 Å². The molecule has 4 heteroatoms. The van der Waals surface area contributed by atoms with Crippen molar-refractivity contribution in [1.82, 2.24) is 9.97 Å². The number of rotatable bonds is 4. The molecule has 0 bridgehead atoms. The van der Waals surface area contributed by atoms with Crippen LogP contribution < -0.4 is 10.1 Å². The molecule has 1 aromatic heterocycles. The molecule has 0 amide bonds. The second-order valence-corrected chi connectivity index (χ2v) is 4.68. The molecular weight excluding hydrogens is 190 g/mol. The molecule has 1 aromatic rings. The monoisotopic (exact) mass is 209 g/mol. The Kier molecular flexibility index (Phi) is 3.88. The molecular formula is C11H19N3O. The van der Waals surface area contributed by atoms with Crippen LogP contribution in [0.1, 0.15) is 27.2 Å². The largest absolute Gasteiger partial charge is 0.494 e. The highest BCUT2D eigenvalue weighted by Crippen LogP contribution is 2.18. The molecule has 0 saturated carbocycles. The first kappa shape index (κ1) is 11.8. The lowest BCUT2D eigenvalue weighted by Crippen LogP contribution is -2.14. The maximum Gasteiger partial charge on any atom is 0.222 e. The van der Waals surface area contributed by atoms with Crippen molar-refractivity contribution in [3.05, 3.63) is 12.4 Å². The zero-order valence-corrected chi connectivity index (χ0v) is 9.87. The Labute approximate surface area is 91.1 Å². The Morgan fingerprint density at radius 2 is 1.87 bits per heavy atom. The Bertz CT molecular complexity index is 290. The Balaban J connectivity index is 2.38. The minimum absolute atomic E-state index is 0.333. The van der Waals surface area contributed by atoms with Gasteiger partial charge in [-0.1, -0.05) is 20.8 Å². The van der Waals surface area contributed by atoms with E-state index in [2.05, 4.69) is 36.1 Å². The van der Waals surface area contributed by atoms with Crippen LogP contribution in [0.5, 0.6) is 5.75 Å². The predicted molar refractivity (Wildman–Crippen MR) is 61.1 cm³/mol. The van der Waals surface area contributed by atoms with Gasteiger partial charge in [0.2, 0.25) is 5.95 Å². The number of aromatic nitrogens is 2. The topological polar surface area (TPSA) is 47.0 Å². The van der Waals surface area contributed by atoms with Gasteiger partial charge in [0.25, 0.3) is 0 Å². The average Bonchev–Trinajstić information content (AvgIpc) is 2.17. The van der Waals surface area contributed by atoms with E-state index in [-0.39, 0.29) is 0 Å². The number of hydrogen-bond donors (Lipinski definition) is 1. The van der Waals surface area contributed by atoms with Crippen molar-refractivity contribution in [3.63, 3.8) is 0 Å². The molecule has 84 valence electrons. The second-order valence-electron chi connectivity index (χ2n) is 4.68. The molecule has 1 heterocycles. The molecule has 0 unspecified atom stereocenters. The minimum Gasteiger partial charge on any atom is -0.494 e. The molecule has 0 aromatic carbocycles. The fourth-order valence-electron chi connectivity index (χ4n) is 1.06. The van der Waals surface area contributed by atoms with E-state index in [9.17, 15) is 0 Å². The predicted octanol–water partition coefficient (Wildman–Crippen LogP) is 2.33. The summed E-state index contributed by atoms with van der Waals surface area (Å²) >= 11 is 0. The Morgan fingerprint density at radius 1 is 1.27 bits per heavy atom. The summed E-state index contributed by atoms with van der Waals surface area (Å²) in [6, 6.07) is 0. The molecule has 1 N–H and O–H groups in total. The second kappa shape index (κ2) is 4.96. The van der Waals surface area contributed by atoms with Crippen LogP contribution in [0, 0.1) is 5.41 Å². The van der Waals surface area contributed by atoms with Crippen molar-refractivity contribution in [3.8, 4) is 5.75 Å². The van der Waals surface area contributed by atoms with Crippen LogP contribution in [0.25, 0.3) is 0 Å². The van der Waals surface area contributed by atoms with Gasteiger partial charge in [-0.2, -0.15) is 0 Å². The first-order chi connectivity index (χ1) is 7.01. The molecule has 0 atom stereocenters. The Hall–Kier alpha value is -1.32. The van der Waals surface area contributed by atoms with E-state index >= 15 is 0 Å². The number of ether oxygens (including phenoxy) is 1. The van der Waals surface area contributed by atoms with Gasteiger partial charge in [-0.25, -0.2) is 9.97 Å². The van der Waals surface area contributed by atoms with E-state index in [0.717, 1.165) is 13.0 Å². The van der Waals surface area contributed by atoms with Gasteiger partial charge in [-0.3, -0.25) is 0 Å². The third kappa shape index (κ3) is 4.63. The van der Waals surface area contributed by atoms with Crippen LogP contribution in [0.2, 0.25) is 0 Å². The highest BCUT2D eigenvalue weighted by atomic mass is 16.5. The van der Waals surface area contributed by atoms with Crippen LogP contribution in [0.3, 0.4) is 0 Å². The number of methoxy groups -OCH3 is 1. The summed E-state index contributed by atoms with van der Waals surface area (Å²) < 4.78 is 4.98. The van der Waals surface area contributed by atoms with Crippen LogP contribution in [-0.2, 0) is 0 Å². The van der Waals surface area contributed by atoms with E-state index in [1.165, 1.54) is 0 Å². The van der Waals surface area contributed by atoms with E-state index in [1.807, 2.05) is 0 Å². The van der Waals surface area contributed by atoms with Gasteiger partial charge in [0.05, 0.1) is 19.5 Å². The molecule has 15 heavy (non-hydrogen) atoms. The third-order valence-electron chi connectivity index (χ3n) is 2.02. The number of nitrogens with one attached hydrogen (secondary N) is 1. The molecule has 0 fully saturated rings. The maximum atomic E-state index is 4.98. The zero-order chi connectivity index (χ0) is 11.3. The van der Waals surface area contributed by atoms with E-state index < -0.39 is 0 Å². The number of nitrogens with zero attached hydrogens (tertiary/aromatic N) is 2. The molecule has 0 spiro atoms. The highest BCUT2D eigenvalue weighted by Gasteiger charge is 2.09. The lowest BCUT2D eigenvalue weighted by Gasteiger charge is -2.17. The summed E-state index contributed by atoms with van der Waals surface area (Å²) in [6.45, 7) is 7.52. The van der Waals surface area contributed by atoms with Crippen LogP contribution in [0.15, 0.2) is 12.4 Å². The van der Waals surface area contributed by atoms with E-state index in [1.54, 1.807) is 19.5 Å². The Morgan fingerprint density at radius 3 is 2.33 bits per heavy atom. The number of anilines is 1. The first-order valence-electron chi connectivity index (χ1n) is 5.11. The molecule has 0 aliphatic heterocycles. The van der Waals surface area contributed by atoms with Gasteiger partial charge in [0.1, 0.15) is 0 Å². The average molecular weight is 209 g/mol. The van der Waals surface area contributed by atoms with Gasteiger partial charge in [0.15, 0.2) is 5.75 Å². The molecule has 0 aliphatic rings. The summed E-state index contributed by atoms with van der Waals surface area (Å²) in [5, 5.41) is 3.17. The summed E-state index contributed by atoms with van der Waals surface area (Å²) in [6.07, 6.45) is 4.40. The quantitative estimate of drug-likeness (QED) is 0.826. The highest BCUT2D eigenvalue weighted by molar-refractivity contribution is 5.26. The summed E-state index contributed by atoms with van der Waals surface area (Å²) in [7, 11) is 1.60. The molecule has 0 radical (unpaired) electrons. The molecule has 1 rings (SSSR count). The molecule has 0 saturated heterocycles. The van der Waals surface area contributed by atoms with Crippen LogP contribution >= 0.6 is 0 Å². The normalized spacial score (nSPS) is 11.2. The van der Waals surface area contributed by atoms with Crippen LogP contribution in [0.4, 0.5) is 5.95 Å². The summed E-state index contributed by atoms with van der Waals surface area (Å²) in [4.78, 5) is 8.24. The van der Waals surface area contributed by atoms with Crippen molar-refractivity contribution in [2.24, 2.45) is 5.41 Å². The minimum atomic E-state index is 0.333. The molecule has 4 nitrogen and oxygen atoms in total.